The first-order valence-electron chi connectivity index (χ1n) is 8.76. The number of anilines is 1. The van der Waals surface area contributed by atoms with Gasteiger partial charge in [0.1, 0.15) is 5.75 Å². The highest BCUT2D eigenvalue weighted by Crippen LogP contribution is 2.32. The number of halogens is 2. The second kappa shape index (κ2) is 11.3. The Kier molecular flexibility index (Phi) is 9.06. The Bertz CT molecular complexity index is 881. The van der Waals surface area contributed by atoms with Gasteiger partial charge in [0.05, 0.1) is 16.6 Å². The van der Waals surface area contributed by atoms with Crippen LogP contribution in [0.15, 0.2) is 45.3 Å². The van der Waals surface area contributed by atoms with Crippen molar-refractivity contribution in [2.75, 3.05) is 18.5 Å². The summed E-state index contributed by atoms with van der Waals surface area (Å²) in [5.41, 5.74) is 1.97. The topological polar surface area (TPSA) is 76.7 Å². The smallest absolute Gasteiger partial charge is 0.338 e. The first kappa shape index (κ1) is 23.3. The van der Waals surface area contributed by atoms with Crippen LogP contribution in [-0.2, 0) is 9.53 Å². The van der Waals surface area contributed by atoms with Gasteiger partial charge in [-0.05, 0) is 83.5 Å². The van der Waals surface area contributed by atoms with Gasteiger partial charge in [-0.15, -0.1) is 0 Å². The van der Waals surface area contributed by atoms with E-state index in [4.69, 9.17) is 21.7 Å². The number of carbonyl (C=O) groups excluding carboxylic acids is 2. The van der Waals surface area contributed by atoms with E-state index in [2.05, 4.69) is 42.5 Å². The molecule has 154 valence electrons. The molecule has 9 heteroatoms. The van der Waals surface area contributed by atoms with E-state index in [0.29, 0.717) is 23.6 Å². The molecule has 29 heavy (non-hydrogen) atoms. The van der Waals surface area contributed by atoms with Crippen molar-refractivity contribution in [3.05, 3.63) is 56.5 Å². The summed E-state index contributed by atoms with van der Waals surface area (Å²) in [7, 11) is 0. The van der Waals surface area contributed by atoms with Gasteiger partial charge in [-0.3, -0.25) is 10.1 Å². The lowest BCUT2D eigenvalue weighted by atomic mass is 10.2. The minimum Gasteiger partial charge on any atom is -0.482 e. The molecule has 2 aromatic rings. The Morgan fingerprint density at radius 2 is 1.83 bits per heavy atom. The molecule has 0 spiro atoms. The third-order valence-electron chi connectivity index (χ3n) is 3.61. The van der Waals surface area contributed by atoms with Crippen LogP contribution in [0.2, 0.25) is 0 Å². The van der Waals surface area contributed by atoms with Gasteiger partial charge in [0.25, 0.3) is 5.91 Å². The van der Waals surface area contributed by atoms with Crippen molar-refractivity contribution in [3.63, 3.8) is 0 Å². The molecule has 2 aromatic carbocycles. The van der Waals surface area contributed by atoms with Gasteiger partial charge in [0, 0.05) is 10.2 Å². The standard InChI is InChI=1S/C20H20Br2N2O4S/c1-3-8-27-19(26)13-4-6-15(7-5-13)23-20(29)24-17(25)11-28-18-12(2)9-14(21)10-16(18)22/h4-7,9-10H,3,8,11H2,1-2H3,(H2,23,24,25,29). The number of benzene rings is 2. The van der Waals surface area contributed by atoms with Crippen molar-refractivity contribution >= 4 is 66.8 Å². The summed E-state index contributed by atoms with van der Waals surface area (Å²) in [6.07, 6.45) is 0.765. The molecule has 0 fully saturated rings. The average Bonchev–Trinajstić information content (AvgIpc) is 2.65. The summed E-state index contributed by atoms with van der Waals surface area (Å²) < 4.78 is 12.3. The van der Waals surface area contributed by atoms with E-state index in [1.54, 1.807) is 24.3 Å². The lowest BCUT2D eigenvalue weighted by Gasteiger charge is -2.13. The zero-order chi connectivity index (χ0) is 21.4. The van der Waals surface area contributed by atoms with Gasteiger partial charge in [-0.1, -0.05) is 22.9 Å². The highest BCUT2D eigenvalue weighted by Gasteiger charge is 2.11. The molecule has 0 unspecified atom stereocenters. The van der Waals surface area contributed by atoms with E-state index in [1.165, 1.54) is 0 Å². The lowest BCUT2D eigenvalue weighted by molar-refractivity contribution is -0.121. The number of carbonyl (C=O) groups is 2. The maximum absolute atomic E-state index is 12.1. The fraction of sp³-hybridized carbons (Fsp3) is 0.250. The Balaban J connectivity index is 1.84. The first-order valence-corrected chi connectivity index (χ1v) is 10.8. The largest absolute Gasteiger partial charge is 0.482 e. The molecule has 0 bridgehead atoms. The van der Waals surface area contributed by atoms with Crippen molar-refractivity contribution in [2.45, 2.75) is 20.3 Å². The van der Waals surface area contributed by atoms with E-state index in [-0.39, 0.29) is 17.7 Å². The van der Waals surface area contributed by atoms with Crippen LogP contribution in [0.3, 0.4) is 0 Å². The molecule has 6 nitrogen and oxygen atoms in total. The molecule has 0 saturated carbocycles. The van der Waals surface area contributed by atoms with Crippen molar-refractivity contribution in [1.29, 1.82) is 0 Å². The summed E-state index contributed by atoms with van der Waals surface area (Å²) in [5.74, 6) is -0.176. The van der Waals surface area contributed by atoms with E-state index >= 15 is 0 Å². The van der Waals surface area contributed by atoms with E-state index in [0.717, 1.165) is 20.9 Å². The zero-order valence-corrected chi connectivity index (χ0v) is 19.9. The molecular formula is C20H20Br2N2O4S. The van der Waals surface area contributed by atoms with Crippen molar-refractivity contribution in [3.8, 4) is 5.75 Å². The quantitative estimate of drug-likeness (QED) is 0.379. The Labute approximate surface area is 191 Å². The SMILES string of the molecule is CCCOC(=O)c1ccc(NC(=S)NC(=O)COc2c(C)cc(Br)cc2Br)cc1. The first-order chi connectivity index (χ1) is 13.8. The van der Waals surface area contributed by atoms with Crippen LogP contribution in [0, 0.1) is 6.92 Å². The molecule has 0 radical (unpaired) electrons. The second-order valence-electron chi connectivity index (χ2n) is 6.04. The Hall–Kier alpha value is -1.97. The molecule has 0 saturated heterocycles. The summed E-state index contributed by atoms with van der Waals surface area (Å²) >= 11 is 12.0. The van der Waals surface area contributed by atoms with Crippen LogP contribution >= 0.6 is 44.1 Å². The maximum Gasteiger partial charge on any atom is 0.338 e. The van der Waals surface area contributed by atoms with Gasteiger partial charge in [0.2, 0.25) is 0 Å². The van der Waals surface area contributed by atoms with Gasteiger partial charge < -0.3 is 14.8 Å². The number of thiocarbonyl (C=S) groups is 1. The fourth-order valence-electron chi connectivity index (χ4n) is 2.30. The number of amides is 1. The second-order valence-corrected chi connectivity index (χ2v) is 8.22. The van der Waals surface area contributed by atoms with Crippen LogP contribution in [0.5, 0.6) is 5.75 Å². The monoisotopic (exact) mass is 542 g/mol. The molecule has 0 aromatic heterocycles. The van der Waals surface area contributed by atoms with Crippen molar-refractivity contribution in [2.24, 2.45) is 0 Å². The molecule has 2 N–H and O–H groups in total. The van der Waals surface area contributed by atoms with E-state index in [9.17, 15) is 9.59 Å². The van der Waals surface area contributed by atoms with Gasteiger partial charge >= 0.3 is 5.97 Å². The number of nitrogens with one attached hydrogen (secondary N) is 2. The summed E-state index contributed by atoms with van der Waals surface area (Å²) in [6, 6.07) is 10.4. The number of hydrogen-bond acceptors (Lipinski definition) is 5. The molecule has 0 aliphatic heterocycles. The van der Waals surface area contributed by atoms with Crippen LogP contribution < -0.4 is 15.4 Å². The molecule has 0 aliphatic rings. The van der Waals surface area contributed by atoms with E-state index in [1.807, 2.05) is 26.0 Å². The number of rotatable bonds is 7. The van der Waals surface area contributed by atoms with Crippen molar-refractivity contribution in [1.82, 2.24) is 5.32 Å². The lowest BCUT2D eigenvalue weighted by Crippen LogP contribution is -2.37. The average molecular weight is 544 g/mol. The fourth-order valence-corrected chi connectivity index (χ4v) is 4.09. The molecule has 1 amide bonds. The predicted octanol–water partition coefficient (Wildman–Crippen LogP) is 4.98. The highest BCUT2D eigenvalue weighted by atomic mass is 79.9. The zero-order valence-electron chi connectivity index (χ0n) is 15.9. The molecule has 0 heterocycles. The predicted molar refractivity (Wildman–Crippen MR) is 123 cm³/mol. The van der Waals surface area contributed by atoms with Crippen LogP contribution in [0.25, 0.3) is 0 Å². The summed E-state index contributed by atoms with van der Waals surface area (Å²) in [5, 5.41) is 5.57. The molecule has 0 atom stereocenters. The van der Waals surface area contributed by atoms with Crippen LogP contribution in [0.1, 0.15) is 29.3 Å². The van der Waals surface area contributed by atoms with E-state index < -0.39 is 5.91 Å². The minimum atomic E-state index is -0.392. The number of hydrogen-bond donors (Lipinski definition) is 2. The Morgan fingerprint density at radius 1 is 1.14 bits per heavy atom. The number of esters is 1. The summed E-state index contributed by atoms with van der Waals surface area (Å²) in [4.78, 5) is 23.9. The van der Waals surface area contributed by atoms with Gasteiger partial charge in [-0.25, -0.2) is 4.79 Å². The van der Waals surface area contributed by atoms with Gasteiger partial charge in [-0.2, -0.15) is 0 Å². The third-order valence-corrected chi connectivity index (χ3v) is 4.86. The van der Waals surface area contributed by atoms with Crippen molar-refractivity contribution < 1.29 is 19.1 Å². The molecule has 0 aliphatic carbocycles. The van der Waals surface area contributed by atoms with Crippen LogP contribution in [0.4, 0.5) is 5.69 Å². The molecular weight excluding hydrogens is 524 g/mol. The van der Waals surface area contributed by atoms with Gasteiger partial charge in [0.15, 0.2) is 11.7 Å². The maximum atomic E-state index is 12.1. The Morgan fingerprint density at radius 3 is 2.45 bits per heavy atom. The highest BCUT2D eigenvalue weighted by molar-refractivity contribution is 9.11. The normalized spacial score (nSPS) is 10.2. The number of ether oxygens (including phenoxy) is 2. The molecule has 2 rings (SSSR count). The number of aryl methyl sites for hydroxylation is 1. The summed E-state index contributed by atoms with van der Waals surface area (Å²) in [6.45, 7) is 4.01. The minimum absolute atomic E-state index is 0.131. The third kappa shape index (κ3) is 7.41. The van der Waals surface area contributed by atoms with Crippen LogP contribution in [-0.4, -0.2) is 30.2 Å².